The minimum Gasteiger partial charge on any atom is -0.493 e. The van der Waals surface area contributed by atoms with Gasteiger partial charge in [-0.3, -0.25) is 32.5 Å². The number of alkyl halides is 2. The number of aromatic amines is 1. The molecular formula is C36H36BF2N13O12P2S. The summed E-state index contributed by atoms with van der Waals surface area (Å²) in [7, 11) is -3.19. The summed E-state index contributed by atoms with van der Waals surface area (Å²) in [5, 5.41) is 3.40. The van der Waals surface area contributed by atoms with Crippen molar-refractivity contribution in [2.45, 2.75) is 55.0 Å². The zero-order chi connectivity index (χ0) is 47.0. The number of H-pyrrole nitrogens is 1. The van der Waals surface area contributed by atoms with Crippen molar-refractivity contribution < 1.29 is 59.7 Å². The average molecular weight is 986 g/mol. The van der Waals surface area contributed by atoms with Crippen molar-refractivity contribution in [3.05, 3.63) is 99.4 Å². The molecule has 0 aliphatic carbocycles. The van der Waals surface area contributed by atoms with Gasteiger partial charge in [0.25, 0.3) is 20.6 Å². The van der Waals surface area contributed by atoms with Crippen LogP contribution in [-0.4, -0.2) is 116 Å². The van der Waals surface area contributed by atoms with E-state index in [0.29, 0.717) is 22.7 Å². The standard InChI is InChI=1S/C36H36BF2N13O12P2S/c37-65(55)58-11-21-28(24(39)33(61-21)51-15-45-25-29(40)43-14-44-30(25)51)64-66(56,59-12-22-27(63-65)23(38)34(62-22)52-16-46-26-31(52)48-36(41)49-32(26)53)67-13-17-1-5-20(6-2-17)60-35(54)18-3-7-19(8-4-18)57-10-9-47-50-42/h1-8,14-16,21-24,27-28,33-34H,9-13,37H2,(H2,40,43,44)(H3,41,48,49,53)/t21-,22-,23-,24-,27-,28-,33-,34-,65?,66+/m1/s1. The van der Waals surface area contributed by atoms with Gasteiger partial charge in [-0.25, -0.2) is 38.1 Å². The van der Waals surface area contributed by atoms with Gasteiger partial charge >= 0.3 is 12.8 Å². The predicted octanol–water partition coefficient (Wildman–Crippen LogP) is 4.10. The van der Waals surface area contributed by atoms with Gasteiger partial charge in [0, 0.05) is 10.7 Å². The molecule has 4 aromatic heterocycles. The van der Waals surface area contributed by atoms with Crippen molar-refractivity contribution in [3.8, 4) is 11.5 Å². The maximum Gasteiger partial charge on any atom is 0.389 e. The Morgan fingerprint density at radius 2 is 1.55 bits per heavy atom. The average Bonchev–Trinajstić information content (AvgIpc) is 4.08. The van der Waals surface area contributed by atoms with Gasteiger partial charge in [0.05, 0.1) is 44.6 Å². The maximum atomic E-state index is 16.9. The number of carbonyl (C=O) groups is 1. The Hall–Kier alpha value is -5.99. The minimum absolute atomic E-state index is 0.0157. The topological polar surface area (TPSA) is 333 Å². The Morgan fingerprint density at radius 1 is 0.910 bits per heavy atom. The Bertz CT molecular complexity index is 3020. The Morgan fingerprint density at radius 3 is 2.25 bits per heavy atom. The van der Waals surface area contributed by atoms with E-state index in [1.807, 2.05) is 0 Å². The SMILES string of the molecule is BP1(=O)OC[C@H]2O[C@@H](n3cnc4c(N)ncnc43)[C@H](F)[C@@H]2O[P@@](=O)(SCc2ccc(OC(=O)c3ccc(OCCN=[N+]=[N-])cc3)cc2)OC[C@H]2O[C@@H](n3cnc4c(=O)[nH]c(N)nc43)[C@H](F)[C@@H]2O1. The third-order valence-electron chi connectivity index (χ3n) is 10.5. The Balaban J connectivity index is 0.962. The highest BCUT2D eigenvalue weighted by Gasteiger charge is 2.54. The molecule has 31 heteroatoms. The molecule has 3 fully saturated rings. The molecule has 7 heterocycles. The van der Waals surface area contributed by atoms with Gasteiger partial charge in [-0.1, -0.05) is 17.2 Å². The fourth-order valence-electron chi connectivity index (χ4n) is 7.32. The maximum absolute atomic E-state index is 16.9. The second-order valence-electron chi connectivity index (χ2n) is 15.0. The lowest BCUT2D eigenvalue weighted by atomic mass is 10.1. The fourth-order valence-corrected chi connectivity index (χ4v) is 11.9. The van der Waals surface area contributed by atoms with Gasteiger partial charge in [-0.15, -0.1) is 0 Å². The van der Waals surface area contributed by atoms with Crippen LogP contribution in [0.2, 0.25) is 0 Å². The first-order chi connectivity index (χ1) is 32.2. The fraction of sp³-hybridized carbons (Fsp3) is 0.361. The second-order valence-corrected chi connectivity index (χ2v) is 21.0. The molecule has 0 saturated carbocycles. The van der Waals surface area contributed by atoms with E-state index >= 15 is 8.78 Å². The van der Waals surface area contributed by atoms with Gasteiger partial charge in [0.1, 0.15) is 47.8 Å². The number of ether oxygens (including phenoxy) is 4. The number of nitrogen functional groups attached to an aromatic ring is 2. The summed E-state index contributed by atoms with van der Waals surface area (Å²) in [6.07, 6.45) is -10.2. The highest BCUT2D eigenvalue weighted by molar-refractivity contribution is 8.54. The third kappa shape index (κ3) is 9.74. The van der Waals surface area contributed by atoms with Gasteiger partial charge < -0.3 is 39.5 Å². The smallest absolute Gasteiger partial charge is 0.389 e. The van der Waals surface area contributed by atoms with Crippen molar-refractivity contribution in [2.75, 3.05) is 37.8 Å². The Kier molecular flexibility index (Phi) is 13.1. The number of rotatable bonds is 11. The van der Waals surface area contributed by atoms with E-state index in [2.05, 4.69) is 39.9 Å². The van der Waals surface area contributed by atoms with Crippen molar-refractivity contribution in [1.29, 1.82) is 0 Å². The van der Waals surface area contributed by atoms with E-state index in [1.165, 1.54) is 35.2 Å². The number of hydrogen-bond donors (Lipinski definition) is 3. The van der Waals surface area contributed by atoms with E-state index in [4.69, 9.17) is 54.0 Å². The molecule has 2 aromatic carbocycles. The molecule has 350 valence electrons. The lowest BCUT2D eigenvalue weighted by Gasteiger charge is -2.30. The van der Waals surface area contributed by atoms with Crippen LogP contribution in [0, 0.1) is 0 Å². The van der Waals surface area contributed by atoms with Crippen LogP contribution in [0.5, 0.6) is 11.5 Å². The van der Waals surface area contributed by atoms with Gasteiger partial charge in [-0.2, -0.15) is 4.98 Å². The molecule has 9 rings (SSSR count). The summed E-state index contributed by atoms with van der Waals surface area (Å²) in [6, 6.07) is 12.3. The van der Waals surface area contributed by atoms with Crippen LogP contribution < -0.4 is 26.5 Å². The predicted molar refractivity (Wildman–Crippen MR) is 234 cm³/mol. The first-order valence-corrected chi connectivity index (χ1v) is 25.1. The monoisotopic (exact) mass is 985 g/mol. The number of imidazole rings is 2. The number of esters is 1. The highest BCUT2D eigenvalue weighted by atomic mass is 32.7. The number of nitrogens with one attached hydrogen (secondary N) is 1. The van der Waals surface area contributed by atoms with E-state index in [1.54, 1.807) is 24.3 Å². The van der Waals surface area contributed by atoms with Crippen molar-refractivity contribution in [3.63, 3.8) is 0 Å². The van der Waals surface area contributed by atoms with Crippen LogP contribution in [0.3, 0.4) is 0 Å². The van der Waals surface area contributed by atoms with Crippen LogP contribution in [0.4, 0.5) is 20.5 Å². The van der Waals surface area contributed by atoms with E-state index in [-0.39, 0.29) is 64.3 Å². The van der Waals surface area contributed by atoms with Gasteiger partial charge in [-0.05, 0) is 58.9 Å². The summed E-state index contributed by atoms with van der Waals surface area (Å²) >= 11 is 0.649. The minimum atomic E-state index is -4.59. The number of fused-ring (bicyclic) bond motifs is 4. The molecule has 10 atom stereocenters. The number of aromatic nitrogens is 8. The van der Waals surface area contributed by atoms with Crippen LogP contribution in [0.15, 0.2) is 77.4 Å². The third-order valence-corrected chi connectivity index (χ3v) is 15.4. The molecule has 3 aliphatic heterocycles. The summed E-state index contributed by atoms with van der Waals surface area (Å²) in [6.45, 7) is -5.69. The van der Waals surface area contributed by atoms with Crippen LogP contribution in [-0.2, 0) is 42.5 Å². The number of nitrogens with zero attached hydrogens (tertiary/aromatic N) is 10. The molecule has 1 unspecified atom stereocenters. The number of nitrogens with two attached hydrogens (primary N) is 2. The molecule has 0 radical (unpaired) electrons. The van der Waals surface area contributed by atoms with E-state index in [0.717, 1.165) is 24.8 Å². The van der Waals surface area contributed by atoms with Gasteiger partial charge in [0.15, 0.2) is 47.4 Å². The molecule has 6 aromatic rings. The largest absolute Gasteiger partial charge is 0.493 e. The number of carbonyl (C=O) groups excluding carboxylic acids is 1. The Labute approximate surface area is 379 Å². The molecule has 3 aliphatic rings. The lowest BCUT2D eigenvalue weighted by Crippen LogP contribution is -2.37. The number of halogens is 2. The second kappa shape index (κ2) is 19.0. The van der Waals surface area contributed by atoms with E-state index < -0.39 is 88.2 Å². The molecule has 0 amide bonds. The molecule has 5 N–H and O–H groups in total. The summed E-state index contributed by atoms with van der Waals surface area (Å²) < 4.78 is 111. The molecular weight excluding hydrogens is 949 g/mol. The zero-order valence-electron chi connectivity index (χ0n) is 34.6. The normalized spacial score (nSPS) is 28.7. The molecule has 0 spiro atoms. The number of hydrogen-bond acceptors (Lipinski definition) is 21. The highest BCUT2D eigenvalue weighted by Crippen LogP contribution is 2.65. The lowest BCUT2D eigenvalue weighted by molar-refractivity contribution is -0.0546. The number of azide groups is 1. The molecule has 0 bridgehead atoms. The zero-order valence-corrected chi connectivity index (χ0v) is 37.2. The van der Waals surface area contributed by atoms with Gasteiger partial charge in [0.2, 0.25) is 5.95 Å². The van der Waals surface area contributed by atoms with Crippen LogP contribution in [0.25, 0.3) is 32.8 Å². The number of benzene rings is 2. The van der Waals surface area contributed by atoms with Crippen molar-refractivity contribution >= 4 is 73.3 Å². The quantitative estimate of drug-likeness (QED) is 0.0240. The number of anilines is 2. The van der Waals surface area contributed by atoms with Crippen molar-refractivity contribution in [1.82, 2.24) is 39.0 Å². The first kappa shape index (κ1) is 46.1. The van der Waals surface area contributed by atoms with Crippen molar-refractivity contribution in [2.24, 2.45) is 5.11 Å². The van der Waals surface area contributed by atoms with Crippen LogP contribution >= 0.6 is 25.7 Å². The summed E-state index contributed by atoms with van der Waals surface area (Å²) in [5.74, 6) is -0.391. The molecule has 3 saturated heterocycles. The molecule has 67 heavy (non-hydrogen) atoms. The van der Waals surface area contributed by atoms with E-state index in [9.17, 15) is 18.7 Å². The first-order valence-electron chi connectivity index (χ1n) is 20.0. The summed E-state index contributed by atoms with van der Waals surface area (Å²) in [5.41, 5.74) is 20.1. The molecule has 25 nitrogen and oxygen atoms in total. The summed E-state index contributed by atoms with van der Waals surface area (Å²) in [4.78, 5) is 50.7. The van der Waals surface area contributed by atoms with Crippen LogP contribution in [0.1, 0.15) is 28.4 Å².